The van der Waals surface area contributed by atoms with Gasteiger partial charge in [-0.15, -0.1) is 0 Å². The molecule has 2 aromatic carbocycles. The van der Waals surface area contributed by atoms with Gasteiger partial charge in [-0.3, -0.25) is 19.2 Å². The van der Waals surface area contributed by atoms with Crippen LogP contribution in [0.25, 0.3) is 11.4 Å². The van der Waals surface area contributed by atoms with Crippen LogP contribution in [0.2, 0.25) is 0 Å². The molecule has 0 spiro atoms. The molecule has 2 aliphatic carbocycles. The monoisotopic (exact) mass is 480 g/mol. The largest absolute Gasteiger partial charge is 1.00 e. The van der Waals surface area contributed by atoms with Crippen molar-refractivity contribution >= 4 is 40.5 Å². The van der Waals surface area contributed by atoms with Gasteiger partial charge in [-0.05, 0) is 19.3 Å². The van der Waals surface area contributed by atoms with Crippen LogP contribution in [0.5, 0.6) is 0 Å². The van der Waals surface area contributed by atoms with Gasteiger partial charge in [0.15, 0.2) is 0 Å². The molecule has 2 aromatic rings. The summed E-state index contributed by atoms with van der Waals surface area (Å²) in [4.78, 5) is 59.7. The third kappa shape index (κ3) is 5.67. The molecule has 172 valence electrons. The van der Waals surface area contributed by atoms with Crippen molar-refractivity contribution in [1.82, 2.24) is 10.6 Å². The molecule has 2 aliphatic rings. The molecule has 0 aliphatic heterocycles. The average Bonchev–Trinajstić information content (AvgIpc) is 2.84. The molecular formula is C26H21N2NaO6. The minimum Gasteiger partial charge on any atom is -0.548 e. The van der Waals surface area contributed by atoms with E-state index in [1.54, 1.807) is 42.5 Å². The Bertz CT molecular complexity index is 1280. The van der Waals surface area contributed by atoms with Crippen LogP contribution in [0.3, 0.4) is 0 Å². The van der Waals surface area contributed by atoms with Crippen molar-refractivity contribution in [1.29, 1.82) is 0 Å². The van der Waals surface area contributed by atoms with Crippen LogP contribution in [0.1, 0.15) is 51.1 Å². The van der Waals surface area contributed by atoms with E-state index in [-0.39, 0.29) is 47.2 Å². The van der Waals surface area contributed by atoms with Crippen molar-refractivity contribution in [2.75, 3.05) is 6.54 Å². The van der Waals surface area contributed by atoms with Crippen LogP contribution in [0, 0.1) is 0 Å². The van der Waals surface area contributed by atoms with E-state index in [0.29, 0.717) is 41.8 Å². The number of unbranched alkanes of at least 4 members (excludes halogenated alkanes) is 1. The molecule has 0 fully saturated rings. The molecule has 8 nitrogen and oxygen atoms in total. The van der Waals surface area contributed by atoms with Gasteiger partial charge in [0.1, 0.15) is 0 Å². The Morgan fingerprint density at radius 1 is 0.743 bits per heavy atom. The second-order valence-electron chi connectivity index (χ2n) is 8.03. The van der Waals surface area contributed by atoms with Gasteiger partial charge in [0.05, 0.1) is 12.0 Å². The molecule has 35 heavy (non-hydrogen) atoms. The Labute approximate surface area is 223 Å². The van der Waals surface area contributed by atoms with E-state index in [0.717, 1.165) is 6.08 Å². The number of benzene rings is 2. The van der Waals surface area contributed by atoms with Crippen molar-refractivity contribution in [3.63, 3.8) is 0 Å². The molecule has 0 amide bonds. The maximum Gasteiger partial charge on any atom is 1.00 e. The topological polar surface area (TPSA) is 132 Å². The van der Waals surface area contributed by atoms with E-state index in [4.69, 9.17) is 0 Å². The summed E-state index contributed by atoms with van der Waals surface area (Å²) in [5.41, 5.74) is 2.55. The predicted molar refractivity (Wildman–Crippen MR) is 121 cm³/mol. The summed E-state index contributed by atoms with van der Waals surface area (Å²) in [6, 6.07) is 12.3. The Morgan fingerprint density at radius 2 is 1.23 bits per heavy atom. The fourth-order valence-corrected chi connectivity index (χ4v) is 4.05. The molecule has 2 N–H and O–H groups in total. The van der Waals surface area contributed by atoms with Crippen LogP contribution >= 0.6 is 0 Å². The first-order valence-electron chi connectivity index (χ1n) is 10.9. The van der Waals surface area contributed by atoms with Gasteiger partial charge in [0.2, 0.25) is 23.1 Å². The summed E-state index contributed by atoms with van der Waals surface area (Å²) in [5.74, 6) is -3.78. The number of ketones is 4. The zero-order valence-electron chi connectivity index (χ0n) is 19.1. The van der Waals surface area contributed by atoms with Crippen LogP contribution in [-0.2, 0) is 14.4 Å². The number of allylic oxidation sites excluding steroid dienone is 2. The second kappa shape index (κ2) is 11.4. The summed E-state index contributed by atoms with van der Waals surface area (Å²) in [6.45, 7) is 0.458. The summed E-state index contributed by atoms with van der Waals surface area (Å²) >= 11 is 0. The second-order valence-corrected chi connectivity index (χ2v) is 8.03. The van der Waals surface area contributed by atoms with E-state index < -0.39 is 35.1 Å². The molecule has 9 heteroatoms. The smallest absolute Gasteiger partial charge is 0.548 e. The molecule has 0 aromatic heterocycles. The summed E-state index contributed by atoms with van der Waals surface area (Å²) in [7, 11) is 0. The quantitative estimate of drug-likeness (QED) is 0.241. The number of fused-ring (bicyclic) bond motifs is 2. The van der Waals surface area contributed by atoms with E-state index in [9.17, 15) is 29.1 Å². The zero-order valence-corrected chi connectivity index (χ0v) is 21.1. The Balaban J connectivity index is 0.00000342. The number of aliphatic carboxylic acids is 1. The third-order valence-corrected chi connectivity index (χ3v) is 5.77. The minimum absolute atomic E-state index is 0. The van der Waals surface area contributed by atoms with E-state index >= 15 is 0 Å². The number of carboxylic acid groups (broad SMARTS) is 1. The van der Waals surface area contributed by atoms with E-state index in [1.807, 2.05) is 0 Å². The maximum absolute atomic E-state index is 12.1. The number of carboxylic acids is 1. The molecule has 1 atom stereocenters. The first-order chi connectivity index (χ1) is 16.4. The fraction of sp³-hybridized carbons (Fsp3) is 0.192. The van der Waals surface area contributed by atoms with Gasteiger partial charge < -0.3 is 20.5 Å². The molecule has 0 saturated heterocycles. The first kappa shape index (κ1) is 26.3. The molecule has 4 rings (SSSR count). The summed E-state index contributed by atoms with van der Waals surface area (Å²) in [5, 5.41) is 17.7. The molecule has 0 bridgehead atoms. The number of rotatable bonds is 9. The molecule has 0 heterocycles. The normalized spacial score (nSPS) is 15.2. The van der Waals surface area contributed by atoms with Gasteiger partial charge in [0, 0.05) is 52.3 Å². The number of carbonyl (C=O) groups is 5. The minimum atomic E-state index is -1.32. The number of carbonyl (C=O) groups excluding carboxylic acids is 5. The summed E-state index contributed by atoms with van der Waals surface area (Å²) < 4.78 is 0. The van der Waals surface area contributed by atoms with Crippen LogP contribution < -0.4 is 45.3 Å². The van der Waals surface area contributed by atoms with Gasteiger partial charge in [-0.2, -0.15) is 0 Å². The third-order valence-electron chi connectivity index (χ3n) is 5.77. The fourth-order valence-electron chi connectivity index (χ4n) is 4.05. The predicted octanol–water partition coefficient (Wildman–Crippen LogP) is -1.93. The molecule has 0 radical (unpaired) electrons. The standard InChI is InChI=1S/C26H22N2O6.Na/c29-22-13-20(15-7-1-3-9-17(15)24(22)31)27-12-6-5-11-19(26(33)34)28-21-14-23(30)25(32)18-10-4-2-8-16(18)21;/h1-4,7-10,13-14,19,27-28H,5-6,11-12H2,(H,33,34);/q;+1/p-1. The van der Waals surface area contributed by atoms with E-state index in [2.05, 4.69) is 10.6 Å². The number of nitrogens with one attached hydrogen (secondary N) is 2. The zero-order chi connectivity index (χ0) is 24.2. The first-order valence-corrected chi connectivity index (χ1v) is 10.9. The van der Waals surface area contributed by atoms with Crippen molar-refractivity contribution in [2.45, 2.75) is 25.3 Å². The van der Waals surface area contributed by atoms with Gasteiger partial charge in [0.25, 0.3) is 0 Å². The van der Waals surface area contributed by atoms with E-state index in [1.165, 1.54) is 12.1 Å². The maximum atomic E-state index is 12.1. The molecule has 1 unspecified atom stereocenters. The molecular weight excluding hydrogens is 459 g/mol. The SMILES string of the molecule is O=C1C=C(NCCCCC(NC2=CC(=O)C(=O)c3ccccc32)C(=O)[O-])c2ccccc2C1=O.[Na+]. The van der Waals surface area contributed by atoms with Crippen molar-refractivity contribution in [3.05, 3.63) is 82.9 Å². The van der Waals surface area contributed by atoms with Gasteiger partial charge in [-0.25, -0.2) is 0 Å². The number of Topliss-reactive ketones (excluding diaryl/α,β-unsaturated/α-hetero) is 2. The molecule has 0 saturated carbocycles. The summed E-state index contributed by atoms with van der Waals surface area (Å²) in [6.07, 6.45) is 3.70. The van der Waals surface area contributed by atoms with Crippen molar-refractivity contribution in [2.24, 2.45) is 0 Å². The van der Waals surface area contributed by atoms with Crippen LogP contribution in [0.15, 0.2) is 60.7 Å². The van der Waals surface area contributed by atoms with Crippen LogP contribution in [0.4, 0.5) is 0 Å². The number of hydrogen-bond acceptors (Lipinski definition) is 8. The van der Waals surface area contributed by atoms with Gasteiger partial charge in [-0.1, -0.05) is 48.5 Å². The Hall–Kier alpha value is -3.33. The van der Waals surface area contributed by atoms with Gasteiger partial charge >= 0.3 is 29.6 Å². The average molecular weight is 480 g/mol. The van der Waals surface area contributed by atoms with Crippen molar-refractivity contribution in [3.8, 4) is 0 Å². The Kier molecular flexibility index (Phi) is 8.56. The van der Waals surface area contributed by atoms with Crippen LogP contribution in [-0.4, -0.2) is 41.7 Å². The number of hydrogen-bond donors (Lipinski definition) is 2. The Morgan fingerprint density at radius 3 is 1.77 bits per heavy atom. The van der Waals surface area contributed by atoms with Crippen molar-refractivity contribution < 1.29 is 58.6 Å².